The van der Waals surface area contributed by atoms with Crippen LogP contribution >= 0.6 is 11.3 Å². The van der Waals surface area contributed by atoms with Crippen LogP contribution < -0.4 is 5.56 Å². The van der Waals surface area contributed by atoms with Crippen LogP contribution in [0.25, 0.3) is 21.6 Å². The van der Waals surface area contributed by atoms with Gasteiger partial charge in [0.25, 0.3) is 5.56 Å². The van der Waals surface area contributed by atoms with Crippen LogP contribution in [0.3, 0.4) is 0 Å². The molecule has 0 saturated heterocycles. The molecule has 8 heteroatoms. The molecule has 0 radical (unpaired) electrons. The first-order valence-corrected chi connectivity index (χ1v) is 8.25. The molecule has 0 aliphatic heterocycles. The fourth-order valence-corrected chi connectivity index (χ4v) is 3.57. The molecule has 0 spiro atoms. The number of aryl methyl sites for hydroxylation is 2. The van der Waals surface area contributed by atoms with Gasteiger partial charge in [-0.05, 0) is 24.6 Å². The molecule has 24 heavy (non-hydrogen) atoms. The van der Waals surface area contributed by atoms with Crippen molar-refractivity contribution in [3.05, 3.63) is 57.0 Å². The van der Waals surface area contributed by atoms with Gasteiger partial charge in [-0.2, -0.15) is 4.80 Å². The van der Waals surface area contributed by atoms with Gasteiger partial charge in [0.05, 0.1) is 5.39 Å². The Bertz CT molecular complexity index is 1080. The summed E-state index contributed by atoms with van der Waals surface area (Å²) < 4.78 is 0. The Morgan fingerprint density at radius 1 is 1.21 bits per heavy atom. The van der Waals surface area contributed by atoms with Crippen molar-refractivity contribution in [1.82, 2.24) is 30.2 Å². The number of benzene rings is 1. The lowest BCUT2D eigenvalue weighted by Crippen LogP contribution is -2.15. The summed E-state index contributed by atoms with van der Waals surface area (Å²) in [5.74, 6) is 1.06. The Balaban J connectivity index is 1.68. The van der Waals surface area contributed by atoms with E-state index in [4.69, 9.17) is 0 Å². The molecule has 0 atom stereocenters. The lowest BCUT2D eigenvalue weighted by atomic mass is 10.2. The van der Waals surface area contributed by atoms with Crippen molar-refractivity contribution in [1.29, 1.82) is 0 Å². The van der Waals surface area contributed by atoms with E-state index in [1.54, 1.807) is 0 Å². The second-order valence-corrected chi connectivity index (χ2v) is 6.69. The van der Waals surface area contributed by atoms with Crippen molar-refractivity contribution in [2.75, 3.05) is 0 Å². The van der Waals surface area contributed by atoms with Crippen molar-refractivity contribution in [3.63, 3.8) is 0 Å². The Morgan fingerprint density at radius 2 is 2.00 bits per heavy atom. The Morgan fingerprint density at radius 3 is 2.79 bits per heavy atom. The van der Waals surface area contributed by atoms with Gasteiger partial charge < -0.3 is 4.98 Å². The monoisotopic (exact) mass is 338 g/mol. The van der Waals surface area contributed by atoms with E-state index in [1.807, 2.05) is 44.2 Å². The molecular weight excluding hydrogens is 324 g/mol. The number of H-pyrrole nitrogens is 1. The van der Waals surface area contributed by atoms with E-state index >= 15 is 0 Å². The standard InChI is InChI=1S/C16H14N6OS/c1-9-10(2)24-16-13(9)15(23)17-12(18-16)8-22-20-14(19-21-22)11-6-4-3-5-7-11/h3-7H,8H2,1-2H3,(H,17,18,23). The van der Waals surface area contributed by atoms with Crippen molar-refractivity contribution in [2.45, 2.75) is 20.4 Å². The zero-order valence-corrected chi connectivity index (χ0v) is 14.0. The number of hydrogen-bond donors (Lipinski definition) is 1. The molecule has 0 bridgehead atoms. The number of rotatable bonds is 3. The number of thiophene rings is 1. The van der Waals surface area contributed by atoms with Gasteiger partial charge in [0, 0.05) is 10.4 Å². The smallest absolute Gasteiger partial charge is 0.259 e. The fraction of sp³-hybridized carbons (Fsp3) is 0.188. The molecule has 7 nitrogen and oxygen atoms in total. The maximum atomic E-state index is 12.3. The SMILES string of the molecule is Cc1sc2nc(Cn3nnc(-c4ccccc4)n3)[nH]c(=O)c2c1C. The van der Waals surface area contributed by atoms with E-state index in [9.17, 15) is 4.79 Å². The minimum absolute atomic E-state index is 0.125. The lowest BCUT2D eigenvalue weighted by Gasteiger charge is -1.99. The third kappa shape index (κ3) is 2.50. The fourth-order valence-electron chi connectivity index (χ4n) is 2.52. The molecule has 4 aromatic rings. The quantitative estimate of drug-likeness (QED) is 0.619. The number of tetrazole rings is 1. The van der Waals surface area contributed by atoms with Crippen LogP contribution in [0, 0.1) is 13.8 Å². The number of nitrogens with one attached hydrogen (secondary N) is 1. The first kappa shape index (κ1) is 14.7. The van der Waals surface area contributed by atoms with Crippen molar-refractivity contribution in [2.24, 2.45) is 0 Å². The molecule has 4 rings (SSSR count). The van der Waals surface area contributed by atoms with Crippen molar-refractivity contribution < 1.29 is 0 Å². The zero-order valence-electron chi connectivity index (χ0n) is 13.1. The van der Waals surface area contributed by atoms with Gasteiger partial charge in [0.2, 0.25) is 5.82 Å². The maximum absolute atomic E-state index is 12.3. The average Bonchev–Trinajstić information content (AvgIpc) is 3.14. The van der Waals surface area contributed by atoms with Gasteiger partial charge in [-0.15, -0.1) is 21.5 Å². The number of aromatic amines is 1. The lowest BCUT2D eigenvalue weighted by molar-refractivity contribution is 0.555. The highest BCUT2D eigenvalue weighted by atomic mass is 32.1. The molecular formula is C16H14N6OS. The number of nitrogens with zero attached hydrogens (tertiary/aromatic N) is 5. The molecule has 1 N–H and O–H groups in total. The summed E-state index contributed by atoms with van der Waals surface area (Å²) in [4.78, 5) is 22.9. The average molecular weight is 338 g/mol. The summed E-state index contributed by atoms with van der Waals surface area (Å²) in [6.45, 7) is 4.20. The normalized spacial score (nSPS) is 11.2. The van der Waals surface area contributed by atoms with E-state index < -0.39 is 0 Å². The predicted octanol–water partition coefficient (Wildman–Crippen LogP) is 2.30. The van der Waals surface area contributed by atoms with E-state index in [1.165, 1.54) is 16.1 Å². The van der Waals surface area contributed by atoms with Crippen LogP contribution in [0.2, 0.25) is 0 Å². The van der Waals surface area contributed by atoms with Crippen LogP contribution in [0.5, 0.6) is 0 Å². The van der Waals surface area contributed by atoms with E-state index in [2.05, 4.69) is 25.4 Å². The van der Waals surface area contributed by atoms with Crippen molar-refractivity contribution in [3.8, 4) is 11.4 Å². The summed E-state index contributed by atoms with van der Waals surface area (Å²) in [7, 11) is 0. The number of hydrogen-bond acceptors (Lipinski definition) is 6. The predicted molar refractivity (Wildman–Crippen MR) is 92.1 cm³/mol. The van der Waals surface area contributed by atoms with Gasteiger partial charge in [-0.1, -0.05) is 30.3 Å². The highest BCUT2D eigenvalue weighted by Gasteiger charge is 2.13. The third-order valence-electron chi connectivity index (χ3n) is 3.86. The first-order valence-electron chi connectivity index (χ1n) is 7.44. The van der Waals surface area contributed by atoms with Crippen LogP contribution in [0.4, 0.5) is 0 Å². The molecule has 0 fully saturated rings. The second-order valence-electron chi connectivity index (χ2n) is 5.49. The van der Waals surface area contributed by atoms with Gasteiger partial charge in [0.15, 0.2) is 0 Å². The Labute approximate surface area is 141 Å². The summed E-state index contributed by atoms with van der Waals surface area (Å²) in [5.41, 5.74) is 1.76. The summed E-state index contributed by atoms with van der Waals surface area (Å²) in [6, 6.07) is 9.62. The summed E-state index contributed by atoms with van der Waals surface area (Å²) in [5, 5.41) is 13.1. The van der Waals surface area contributed by atoms with Crippen molar-refractivity contribution >= 4 is 21.6 Å². The Hall–Kier alpha value is -2.87. The number of fused-ring (bicyclic) bond motifs is 1. The largest absolute Gasteiger partial charge is 0.308 e. The van der Waals surface area contributed by atoms with Gasteiger partial charge in [0.1, 0.15) is 17.2 Å². The molecule has 120 valence electrons. The van der Waals surface area contributed by atoms with Gasteiger partial charge in [-0.3, -0.25) is 4.79 Å². The topological polar surface area (TPSA) is 89.3 Å². The molecule has 3 heterocycles. The second kappa shape index (κ2) is 5.64. The minimum Gasteiger partial charge on any atom is -0.308 e. The van der Waals surface area contributed by atoms with Crippen LogP contribution in [0.15, 0.2) is 35.1 Å². The maximum Gasteiger partial charge on any atom is 0.259 e. The van der Waals surface area contributed by atoms with E-state index in [0.717, 1.165) is 20.8 Å². The zero-order chi connectivity index (χ0) is 16.7. The molecule has 0 aliphatic carbocycles. The van der Waals surface area contributed by atoms with Gasteiger partial charge >= 0.3 is 0 Å². The third-order valence-corrected chi connectivity index (χ3v) is 4.97. The van der Waals surface area contributed by atoms with Crippen LogP contribution in [-0.2, 0) is 6.54 Å². The van der Waals surface area contributed by atoms with E-state index in [0.29, 0.717) is 17.0 Å². The molecule has 0 unspecified atom stereocenters. The van der Waals surface area contributed by atoms with Crippen LogP contribution in [0.1, 0.15) is 16.3 Å². The first-order chi connectivity index (χ1) is 11.6. The minimum atomic E-state index is -0.125. The Kier molecular flexibility index (Phi) is 3.46. The molecule has 0 saturated carbocycles. The molecule has 0 amide bonds. The highest BCUT2D eigenvalue weighted by molar-refractivity contribution is 7.18. The van der Waals surface area contributed by atoms with Gasteiger partial charge in [-0.25, -0.2) is 4.98 Å². The van der Waals surface area contributed by atoms with Crippen LogP contribution in [-0.4, -0.2) is 30.2 Å². The summed E-state index contributed by atoms with van der Waals surface area (Å²) in [6.07, 6.45) is 0. The highest BCUT2D eigenvalue weighted by Crippen LogP contribution is 2.25. The van der Waals surface area contributed by atoms with E-state index in [-0.39, 0.29) is 12.1 Å². The summed E-state index contributed by atoms with van der Waals surface area (Å²) >= 11 is 1.52. The number of aromatic nitrogens is 6. The molecule has 3 aromatic heterocycles. The molecule has 0 aliphatic rings. The molecule has 1 aromatic carbocycles.